The van der Waals surface area contributed by atoms with Crippen LogP contribution >= 0.6 is 0 Å². The van der Waals surface area contributed by atoms with Crippen molar-refractivity contribution >= 4 is 5.95 Å². The maximum Gasteiger partial charge on any atom is 0.222 e. The smallest absolute Gasteiger partial charge is 0.222 e. The number of aromatic nitrogens is 2. The molecule has 1 rings (SSSR count). The lowest BCUT2D eigenvalue weighted by Crippen LogP contribution is -2.30. The number of aliphatic hydroxyl groups excluding tert-OH is 1. The van der Waals surface area contributed by atoms with Crippen LogP contribution in [0, 0.1) is 12.3 Å². The third-order valence-electron chi connectivity index (χ3n) is 3.54. The first-order chi connectivity index (χ1) is 8.15. The summed E-state index contributed by atoms with van der Waals surface area (Å²) in [7, 11) is 0. The van der Waals surface area contributed by atoms with Crippen molar-refractivity contribution in [2.75, 3.05) is 18.5 Å². The van der Waals surface area contributed by atoms with Crippen LogP contribution < -0.4 is 5.32 Å². The Kier molecular flexibility index (Phi) is 5.35. The van der Waals surface area contributed by atoms with Gasteiger partial charge in [-0.1, -0.05) is 13.8 Å². The van der Waals surface area contributed by atoms with E-state index in [0.29, 0.717) is 5.95 Å². The van der Waals surface area contributed by atoms with E-state index < -0.39 is 0 Å². The van der Waals surface area contributed by atoms with Crippen LogP contribution in [0.4, 0.5) is 5.95 Å². The second kappa shape index (κ2) is 6.55. The number of anilines is 1. The van der Waals surface area contributed by atoms with Gasteiger partial charge < -0.3 is 10.4 Å². The van der Waals surface area contributed by atoms with Crippen LogP contribution in [-0.2, 0) is 0 Å². The summed E-state index contributed by atoms with van der Waals surface area (Å²) < 4.78 is 0. The summed E-state index contributed by atoms with van der Waals surface area (Å²) in [5.41, 5.74) is 1.20. The summed E-state index contributed by atoms with van der Waals surface area (Å²) in [6, 6.07) is 0. The van der Waals surface area contributed by atoms with Crippen LogP contribution in [0.5, 0.6) is 0 Å². The fraction of sp³-hybridized carbons (Fsp3) is 0.692. The lowest BCUT2D eigenvalue weighted by molar-refractivity contribution is 0.179. The van der Waals surface area contributed by atoms with Crippen LogP contribution in [0.15, 0.2) is 12.4 Å². The number of nitrogens with one attached hydrogen (secondary N) is 1. The summed E-state index contributed by atoms with van der Waals surface area (Å²) in [6.45, 7) is 7.34. The molecule has 0 aliphatic carbocycles. The molecule has 0 amide bonds. The first-order valence-electron chi connectivity index (χ1n) is 6.29. The molecule has 0 aliphatic heterocycles. The summed E-state index contributed by atoms with van der Waals surface area (Å²) in [6.07, 6.45) is 6.52. The van der Waals surface area contributed by atoms with E-state index >= 15 is 0 Å². The van der Waals surface area contributed by atoms with Gasteiger partial charge in [0.25, 0.3) is 0 Å². The number of rotatable bonds is 7. The summed E-state index contributed by atoms with van der Waals surface area (Å²) >= 11 is 0. The van der Waals surface area contributed by atoms with Crippen molar-refractivity contribution in [2.45, 2.75) is 40.0 Å². The molecule has 96 valence electrons. The zero-order valence-corrected chi connectivity index (χ0v) is 11.0. The first kappa shape index (κ1) is 13.9. The Hall–Kier alpha value is -1.16. The van der Waals surface area contributed by atoms with Gasteiger partial charge in [0.05, 0.1) is 0 Å². The number of hydrogen-bond acceptors (Lipinski definition) is 4. The van der Waals surface area contributed by atoms with Gasteiger partial charge in [-0.05, 0) is 37.2 Å². The molecule has 0 aliphatic rings. The molecule has 17 heavy (non-hydrogen) atoms. The van der Waals surface area contributed by atoms with Crippen LogP contribution in [-0.4, -0.2) is 28.2 Å². The monoisotopic (exact) mass is 237 g/mol. The molecule has 1 aromatic heterocycles. The van der Waals surface area contributed by atoms with E-state index in [0.717, 1.165) is 31.4 Å². The highest BCUT2D eigenvalue weighted by Crippen LogP contribution is 2.30. The van der Waals surface area contributed by atoms with Crippen molar-refractivity contribution in [1.82, 2.24) is 9.97 Å². The quantitative estimate of drug-likeness (QED) is 0.764. The molecule has 0 saturated carbocycles. The van der Waals surface area contributed by atoms with E-state index in [4.69, 9.17) is 5.11 Å². The third kappa shape index (κ3) is 3.97. The second-order valence-corrected chi connectivity index (χ2v) is 4.62. The van der Waals surface area contributed by atoms with Crippen LogP contribution in [0.25, 0.3) is 0 Å². The van der Waals surface area contributed by atoms with E-state index in [1.165, 1.54) is 0 Å². The van der Waals surface area contributed by atoms with E-state index in [9.17, 15) is 0 Å². The molecule has 1 aromatic rings. The molecule has 0 aromatic carbocycles. The minimum atomic E-state index is 0.142. The van der Waals surface area contributed by atoms with E-state index in [2.05, 4.69) is 29.1 Å². The maximum absolute atomic E-state index is 9.14. The minimum Gasteiger partial charge on any atom is -0.396 e. The van der Waals surface area contributed by atoms with Gasteiger partial charge in [0.15, 0.2) is 0 Å². The zero-order chi connectivity index (χ0) is 12.7. The van der Waals surface area contributed by atoms with Crippen molar-refractivity contribution in [3.05, 3.63) is 18.0 Å². The van der Waals surface area contributed by atoms with Gasteiger partial charge in [0.1, 0.15) is 0 Å². The molecule has 0 spiro atoms. The van der Waals surface area contributed by atoms with Gasteiger partial charge in [-0.25, -0.2) is 9.97 Å². The molecular weight excluding hydrogens is 214 g/mol. The Bertz CT molecular complexity index is 320. The topological polar surface area (TPSA) is 58.0 Å². The number of nitrogens with zero attached hydrogens (tertiary/aromatic N) is 2. The SMILES string of the molecule is CCC(CC)(CCO)CNc1ncc(C)cn1. The van der Waals surface area contributed by atoms with E-state index in [1.54, 1.807) is 12.4 Å². The van der Waals surface area contributed by atoms with Gasteiger partial charge in [0, 0.05) is 25.5 Å². The molecule has 0 radical (unpaired) electrons. The van der Waals surface area contributed by atoms with Crippen LogP contribution in [0.3, 0.4) is 0 Å². The third-order valence-corrected chi connectivity index (χ3v) is 3.54. The highest BCUT2D eigenvalue weighted by molar-refractivity contribution is 5.24. The Morgan fingerprint density at radius 1 is 1.24 bits per heavy atom. The van der Waals surface area contributed by atoms with Gasteiger partial charge in [-0.2, -0.15) is 0 Å². The predicted molar refractivity (Wildman–Crippen MR) is 70.0 cm³/mol. The Balaban J connectivity index is 2.60. The molecule has 0 fully saturated rings. The van der Waals surface area contributed by atoms with Gasteiger partial charge >= 0.3 is 0 Å². The highest BCUT2D eigenvalue weighted by atomic mass is 16.3. The predicted octanol–water partition coefficient (Wildman–Crippen LogP) is 2.39. The van der Waals surface area contributed by atoms with Crippen molar-refractivity contribution < 1.29 is 5.11 Å². The average Bonchev–Trinajstić information content (AvgIpc) is 2.36. The molecule has 0 bridgehead atoms. The van der Waals surface area contributed by atoms with Gasteiger partial charge in [0.2, 0.25) is 5.95 Å². The number of aliphatic hydroxyl groups is 1. The van der Waals surface area contributed by atoms with Gasteiger partial charge in [-0.15, -0.1) is 0 Å². The normalized spacial score (nSPS) is 11.5. The first-order valence-corrected chi connectivity index (χ1v) is 6.29. The lowest BCUT2D eigenvalue weighted by Gasteiger charge is -2.31. The standard InChI is InChI=1S/C13H23N3O/c1-4-13(5-2,6-7-17)10-16-12-14-8-11(3)9-15-12/h8-9,17H,4-7,10H2,1-3H3,(H,14,15,16). The summed E-state index contributed by atoms with van der Waals surface area (Å²) in [4.78, 5) is 8.45. The van der Waals surface area contributed by atoms with Crippen molar-refractivity contribution in [3.63, 3.8) is 0 Å². The minimum absolute atomic E-state index is 0.142. The summed E-state index contributed by atoms with van der Waals surface area (Å²) in [5.74, 6) is 0.666. The van der Waals surface area contributed by atoms with Crippen LogP contribution in [0.2, 0.25) is 0 Å². The highest BCUT2D eigenvalue weighted by Gasteiger charge is 2.25. The van der Waals surface area contributed by atoms with Gasteiger partial charge in [-0.3, -0.25) is 0 Å². The average molecular weight is 237 g/mol. The lowest BCUT2D eigenvalue weighted by atomic mass is 9.79. The number of aryl methyl sites for hydroxylation is 1. The van der Waals surface area contributed by atoms with Crippen molar-refractivity contribution in [3.8, 4) is 0 Å². The fourth-order valence-corrected chi connectivity index (χ4v) is 1.93. The maximum atomic E-state index is 9.14. The molecule has 0 atom stereocenters. The largest absolute Gasteiger partial charge is 0.396 e. The van der Waals surface area contributed by atoms with Crippen LogP contribution in [0.1, 0.15) is 38.7 Å². The molecule has 0 unspecified atom stereocenters. The molecule has 2 N–H and O–H groups in total. The number of hydrogen-bond donors (Lipinski definition) is 2. The Labute approximate surface area is 103 Å². The Morgan fingerprint density at radius 3 is 2.29 bits per heavy atom. The van der Waals surface area contributed by atoms with E-state index in [1.807, 2.05) is 6.92 Å². The molecule has 0 saturated heterocycles. The molecular formula is C13H23N3O. The van der Waals surface area contributed by atoms with E-state index in [-0.39, 0.29) is 12.0 Å². The molecule has 1 heterocycles. The summed E-state index contributed by atoms with van der Waals surface area (Å²) in [5, 5.41) is 12.4. The van der Waals surface area contributed by atoms with Crippen molar-refractivity contribution in [2.24, 2.45) is 5.41 Å². The molecule has 4 nitrogen and oxygen atoms in total. The Morgan fingerprint density at radius 2 is 1.82 bits per heavy atom. The molecule has 4 heteroatoms. The second-order valence-electron chi connectivity index (χ2n) is 4.62. The van der Waals surface area contributed by atoms with Crippen molar-refractivity contribution in [1.29, 1.82) is 0 Å². The fourth-order valence-electron chi connectivity index (χ4n) is 1.93. The zero-order valence-electron chi connectivity index (χ0n) is 11.0.